The number of benzene rings is 1. The molecule has 0 amide bonds. The number of hydrogen-bond acceptors (Lipinski definition) is 1. The molecule has 1 aromatic carbocycles. The fourth-order valence-electron chi connectivity index (χ4n) is 1.46. The number of alkyl halides is 1. The maximum Gasteiger partial charge on any atom is 0.306 e. The summed E-state index contributed by atoms with van der Waals surface area (Å²) in [4.78, 5) is 10.7. The van der Waals surface area contributed by atoms with Crippen LogP contribution in [0.15, 0.2) is 22.7 Å². The minimum Gasteiger partial charge on any atom is -0.481 e. The van der Waals surface area contributed by atoms with Crippen LogP contribution in [0.2, 0.25) is 0 Å². The number of carboxylic acids is 1. The molecule has 2 atom stereocenters. The van der Waals surface area contributed by atoms with Crippen LogP contribution >= 0.6 is 15.9 Å². The molecule has 0 spiro atoms. The van der Waals surface area contributed by atoms with Crippen LogP contribution in [0, 0.1) is 5.92 Å². The van der Waals surface area contributed by atoms with Gasteiger partial charge in [-0.2, -0.15) is 0 Å². The highest BCUT2D eigenvalue weighted by atomic mass is 79.9. The Morgan fingerprint density at radius 3 is 2.56 bits per heavy atom. The normalized spacial score (nSPS) is 14.5. The standard InChI is InChI=1S/C12H14BrFO2/c1-7(12(15)16)5-9-3-4-10(8(2)14)11(13)6-9/h3-4,6-8H,5H2,1-2H3,(H,15,16). The minimum absolute atomic E-state index is 0.430. The van der Waals surface area contributed by atoms with E-state index in [1.54, 1.807) is 25.1 Å². The molecule has 0 aliphatic carbocycles. The number of hydrogen-bond donors (Lipinski definition) is 1. The van der Waals surface area contributed by atoms with Crippen molar-refractivity contribution in [2.75, 3.05) is 0 Å². The number of carboxylic acid groups (broad SMARTS) is 1. The average Bonchev–Trinajstić information content (AvgIpc) is 2.16. The van der Waals surface area contributed by atoms with E-state index in [1.165, 1.54) is 6.92 Å². The molecule has 1 aromatic rings. The van der Waals surface area contributed by atoms with Gasteiger partial charge in [-0.25, -0.2) is 4.39 Å². The maximum absolute atomic E-state index is 13.1. The lowest BCUT2D eigenvalue weighted by atomic mass is 9.99. The van der Waals surface area contributed by atoms with E-state index in [0.29, 0.717) is 16.5 Å². The molecule has 0 heterocycles. The van der Waals surface area contributed by atoms with Gasteiger partial charge < -0.3 is 5.11 Å². The fraction of sp³-hybridized carbons (Fsp3) is 0.417. The number of carbonyl (C=O) groups is 1. The molecule has 2 nitrogen and oxygen atoms in total. The Morgan fingerprint density at radius 1 is 1.50 bits per heavy atom. The summed E-state index contributed by atoms with van der Waals surface area (Å²) in [6.45, 7) is 3.13. The molecule has 0 fully saturated rings. The third kappa shape index (κ3) is 3.30. The Labute approximate surface area is 103 Å². The van der Waals surface area contributed by atoms with Gasteiger partial charge in [0.2, 0.25) is 0 Å². The number of rotatable bonds is 4. The number of aliphatic carboxylic acids is 1. The lowest BCUT2D eigenvalue weighted by molar-refractivity contribution is -0.141. The van der Waals surface area contributed by atoms with Crippen molar-refractivity contribution in [3.63, 3.8) is 0 Å². The minimum atomic E-state index is -1.03. The molecule has 1 N–H and O–H groups in total. The highest BCUT2D eigenvalue weighted by Crippen LogP contribution is 2.27. The van der Waals surface area contributed by atoms with Crippen LogP contribution in [-0.2, 0) is 11.2 Å². The lowest BCUT2D eigenvalue weighted by Crippen LogP contribution is -2.12. The monoisotopic (exact) mass is 288 g/mol. The zero-order chi connectivity index (χ0) is 12.3. The van der Waals surface area contributed by atoms with E-state index in [1.807, 2.05) is 0 Å². The smallest absolute Gasteiger partial charge is 0.306 e. The van der Waals surface area contributed by atoms with Gasteiger partial charge in [-0.15, -0.1) is 0 Å². The summed E-state index contributed by atoms with van der Waals surface area (Å²) in [5, 5.41) is 8.78. The third-order valence-electron chi connectivity index (χ3n) is 2.46. The van der Waals surface area contributed by atoms with E-state index >= 15 is 0 Å². The topological polar surface area (TPSA) is 37.3 Å². The second-order valence-corrected chi connectivity index (χ2v) is 4.77. The zero-order valence-corrected chi connectivity index (χ0v) is 10.8. The Hall–Kier alpha value is -0.900. The second kappa shape index (κ2) is 5.43. The summed E-state index contributed by atoms with van der Waals surface area (Å²) in [6.07, 6.45) is -0.574. The zero-order valence-electron chi connectivity index (χ0n) is 9.21. The highest BCUT2D eigenvalue weighted by Gasteiger charge is 2.13. The van der Waals surface area contributed by atoms with Gasteiger partial charge in [0.15, 0.2) is 0 Å². The Bertz CT molecular complexity index is 391. The Morgan fingerprint density at radius 2 is 2.12 bits per heavy atom. The van der Waals surface area contributed by atoms with Crippen LogP contribution in [-0.4, -0.2) is 11.1 Å². The molecule has 1 rings (SSSR count). The van der Waals surface area contributed by atoms with E-state index in [-0.39, 0.29) is 0 Å². The Kier molecular flexibility index (Phi) is 4.47. The second-order valence-electron chi connectivity index (χ2n) is 3.92. The molecule has 16 heavy (non-hydrogen) atoms. The van der Waals surface area contributed by atoms with E-state index in [9.17, 15) is 9.18 Å². The molecule has 0 aromatic heterocycles. The lowest BCUT2D eigenvalue weighted by Gasteiger charge is -2.10. The highest BCUT2D eigenvalue weighted by molar-refractivity contribution is 9.10. The van der Waals surface area contributed by atoms with Crippen LogP contribution in [0.25, 0.3) is 0 Å². The first-order valence-corrected chi connectivity index (χ1v) is 5.86. The Balaban J connectivity index is 2.85. The van der Waals surface area contributed by atoms with Crippen molar-refractivity contribution in [1.82, 2.24) is 0 Å². The van der Waals surface area contributed by atoms with Crippen LogP contribution < -0.4 is 0 Å². The summed E-state index contributed by atoms with van der Waals surface area (Å²) in [5.74, 6) is -1.25. The van der Waals surface area contributed by atoms with E-state index in [2.05, 4.69) is 15.9 Å². The van der Waals surface area contributed by atoms with Gasteiger partial charge in [0.1, 0.15) is 6.17 Å². The van der Waals surface area contributed by atoms with E-state index < -0.39 is 18.1 Å². The van der Waals surface area contributed by atoms with Gasteiger partial charge >= 0.3 is 5.97 Å². The summed E-state index contributed by atoms with van der Waals surface area (Å²) in [7, 11) is 0. The fourth-order valence-corrected chi connectivity index (χ4v) is 2.20. The van der Waals surface area contributed by atoms with Gasteiger partial charge in [-0.3, -0.25) is 4.79 Å². The van der Waals surface area contributed by atoms with Crippen LogP contribution in [0.3, 0.4) is 0 Å². The molecule has 0 aliphatic rings. The van der Waals surface area contributed by atoms with Gasteiger partial charge in [-0.05, 0) is 30.5 Å². The molecule has 0 radical (unpaired) electrons. The first-order valence-electron chi connectivity index (χ1n) is 5.07. The molecule has 88 valence electrons. The van der Waals surface area contributed by atoms with Crippen molar-refractivity contribution >= 4 is 21.9 Å². The summed E-state index contributed by atoms with van der Waals surface area (Å²) in [6, 6.07) is 5.25. The van der Waals surface area contributed by atoms with Crippen molar-refractivity contribution in [3.8, 4) is 0 Å². The van der Waals surface area contributed by atoms with Crippen molar-refractivity contribution in [1.29, 1.82) is 0 Å². The molecule has 0 bridgehead atoms. The average molecular weight is 289 g/mol. The molecule has 0 aliphatic heterocycles. The van der Waals surface area contributed by atoms with Crippen molar-refractivity contribution < 1.29 is 14.3 Å². The first kappa shape index (κ1) is 13.2. The molecular weight excluding hydrogens is 275 g/mol. The molecule has 4 heteroatoms. The van der Waals surface area contributed by atoms with E-state index in [0.717, 1.165) is 5.56 Å². The van der Waals surface area contributed by atoms with Crippen molar-refractivity contribution in [2.45, 2.75) is 26.4 Å². The molecular formula is C12H14BrFO2. The van der Waals surface area contributed by atoms with Gasteiger partial charge in [0.25, 0.3) is 0 Å². The largest absolute Gasteiger partial charge is 0.481 e. The van der Waals surface area contributed by atoms with Crippen LogP contribution in [0.5, 0.6) is 0 Å². The maximum atomic E-state index is 13.1. The van der Waals surface area contributed by atoms with Gasteiger partial charge in [-0.1, -0.05) is 35.0 Å². The number of halogens is 2. The first-order chi connectivity index (χ1) is 7.41. The van der Waals surface area contributed by atoms with Crippen LogP contribution in [0.1, 0.15) is 31.1 Å². The van der Waals surface area contributed by atoms with Gasteiger partial charge in [0, 0.05) is 4.47 Å². The quantitative estimate of drug-likeness (QED) is 0.916. The molecule has 2 unspecified atom stereocenters. The van der Waals surface area contributed by atoms with Crippen molar-refractivity contribution in [3.05, 3.63) is 33.8 Å². The summed E-state index contributed by atoms with van der Waals surface area (Å²) in [5.41, 5.74) is 1.48. The van der Waals surface area contributed by atoms with E-state index in [4.69, 9.17) is 5.11 Å². The predicted molar refractivity (Wildman–Crippen MR) is 64.2 cm³/mol. The molecule has 0 saturated heterocycles. The molecule has 0 saturated carbocycles. The summed E-state index contributed by atoms with van der Waals surface area (Å²) < 4.78 is 13.8. The van der Waals surface area contributed by atoms with Crippen LogP contribution in [0.4, 0.5) is 4.39 Å². The predicted octanol–water partition coefficient (Wildman–Crippen LogP) is 3.74. The van der Waals surface area contributed by atoms with Crippen molar-refractivity contribution in [2.24, 2.45) is 5.92 Å². The summed E-state index contributed by atoms with van der Waals surface area (Å²) >= 11 is 3.29. The SMILES string of the molecule is CC(Cc1ccc(C(C)F)c(Br)c1)C(=O)O. The van der Waals surface area contributed by atoms with Gasteiger partial charge in [0.05, 0.1) is 5.92 Å². The third-order valence-corrected chi connectivity index (χ3v) is 3.14.